The molecule has 1 heterocycles. The molecule has 0 bridgehead atoms. The number of hydrogen-bond acceptors (Lipinski definition) is 5. The summed E-state index contributed by atoms with van der Waals surface area (Å²) in [4.78, 5) is 14.4. The lowest BCUT2D eigenvalue weighted by atomic mass is 10.1. The summed E-state index contributed by atoms with van der Waals surface area (Å²) in [5.74, 6) is 0.709. The third-order valence-electron chi connectivity index (χ3n) is 5.20. The number of hydrogen-bond donors (Lipinski definition) is 1. The highest BCUT2D eigenvalue weighted by molar-refractivity contribution is 5.76. The van der Waals surface area contributed by atoms with E-state index in [-0.39, 0.29) is 18.1 Å². The number of halogens is 1. The summed E-state index contributed by atoms with van der Waals surface area (Å²) in [5.41, 5.74) is 2.34. The Balaban J connectivity index is 1.93. The second kappa shape index (κ2) is 11.5. The van der Waals surface area contributed by atoms with Gasteiger partial charge in [-0.15, -0.1) is 0 Å². The molecule has 0 fully saturated rings. The second-order valence-corrected chi connectivity index (χ2v) is 7.88. The number of methoxy groups -OCH3 is 1. The van der Waals surface area contributed by atoms with Crippen molar-refractivity contribution in [1.29, 1.82) is 0 Å². The molecule has 1 aromatic heterocycles. The van der Waals surface area contributed by atoms with Crippen LogP contribution in [0, 0.1) is 5.82 Å². The molecule has 176 valence electrons. The molecule has 0 saturated heterocycles. The fourth-order valence-corrected chi connectivity index (χ4v) is 3.39. The van der Waals surface area contributed by atoms with Crippen molar-refractivity contribution in [2.45, 2.75) is 26.2 Å². The number of aromatic nitrogens is 2. The van der Waals surface area contributed by atoms with Gasteiger partial charge in [-0.2, -0.15) is 5.10 Å². The first-order chi connectivity index (χ1) is 15.9. The first kappa shape index (κ1) is 24.3. The van der Waals surface area contributed by atoms with Crippen molar-refractivity contribution >= 4 is 5.91 Å². The van der Waals surface area contributed by atoms with E-state index in [1.807, 2.05) is 50.2 Å². The Bertz CT molecular complexity index is 1060. The first-order valence-electron chi connectivity index (χ1n) is 11.0. The Hall–Kier alpha value is -3.39. The average Bonchev–Trinajstić information content (AvgIpc) is 3.16. The third-order valence-corrected chi connectivity index (χ3v) is 5.20. The van der Waals surface area contributed by atoms with Crippen molar-refractivity contribution in [2.75, 3.05) is 34.3 Å². The zero-order valence-corrected chi connectivity index (χ0v) is 19.6. The fourth-order valence-electron chi connectivity index (χ4n) is 3.39. The molecule has 3 rings (SSSR count). The van der Waals surface area contributed by atoms with Crippen LogP contribution in [-0.2, 0) is 17.6 Å². The minimum absolute atomic E-state index is 0.0482. The average molecular weight is 455 g/mol. The molecule has 0 aliphatic rings. The standard InChI is InChI=1S/C25H31FN4O3/c1-5-22-20(14-15-24(31)27-16-17-29(2)3)25(33-23-9-7-6-8-21(23)26)30(28-22)18-10-12-19(32-4)13-11-18/h6-13H,5,14-17H2,1-4H3,(H,27,31). The number of aryl methyl sites for hydroxylation is 1. The van der Waals surface area contributed by atoms with Crippen molar-refractivity contribution in [2.24, 2.45) is 0 Å². The molecule has 8 heteroatoms. The maximum Gasteiger partial charge on any atom is 0.226 e. The number of carbonyl (C=O) groups excluding carboxylic acids is 1. The Kier molecular flexibility index (Phi) is 8.43. The van der Waals surface area contributed by atoms with Crippen molar-refractivity contribution < 1.29 is 18.7 Å². The molecule has 0 radical (unpaired) electrons. The molecule has 0 aliphatic carbocycles. The van der Waals surface area contributed by atoms with Gasteiger partial charge in [0.1, 0.15) is 5.75 Å². The molecule has 1 amide bonds. The highest BCUT2D eigenvalue weighted by Gasteiger charge is 2.22. The number of amides is 1. The van der Waals surface area contributed by atoms with Crippen LogP contribution in [0.5, 0.6) is 17.4 Å². The van der Waals surface area contributed by atoms with E-state index in [9.17, 15) is 9.18 Å². The lowest BCUT2D eigenvalue weighted by Crippen LogP contribution is -2.31. The SMILES string of the molecule is CCc1nn(-c2ccc(OC)cc2)c(Oc2ccccc2F)c1CCC(=O)NCCN(C)C. The summed E-state index contributed by atoms with van der Waals surface area (Å²) in [6.45, 7) is 3.34. The molecular formula is C25H31FN4O3. The van der Waals surface area contributed by atoms with Crippen molar-refractivity contribution in [3.63, 3.8) is 0 Å². The smallest absolute Gasteiger partial charge is 0.226 e. The normalized spacial score (nSPS) is 11.0. The summed E-state index contributed by atoms with van der Waals surface area (Å²) in [6.07, 6.45) is 1.35. The molecule has 3 aromatic rings. The zero-order valence-electron chi connectivity index (χ0n) is 19.6. The van der Waals surface area contributed by atoms with Gasteiger partial charge in [-0.1, -0.05) is 19.1 Å². The quantitative estimate of drug-likeness (QED) is 0.475. The monoisotopic (exact) mass is 454 g/mol. The van der Waals surface area contributed by atoms with Gasteiger partial charge in [-0.05, 0) is 63.3 Å². The van der Waals surface area contributed by atoms with Gasteiger partial charge in [0.05, 0.1) is 18.5 Å². The molecule has 0 aliphatic heterocycles. The van der Waals surface area contributed by atoms with E-state index in [0.29, 0.717) is 31.0 Å². The molecule has 0 atom stereocenters. The Labute approximate surface area is 194 Å². The lowest BCUT2D eigenvalue weighted by Gasteiger charge is -2.13. The van der Waals surface area contributed by atoms with Crippen LogP contribution in [0.25, 0.3) is 5.69 Å². The van der Waals surface area contributed by atoms with Gasteiger partial charge in [0, 0.05) is 25.1 Å². The maximum atomic E-state index is 14.4. The lowest BCUT2D eigenvalue weighted by molar-refractivity contribution is -0.121. The molecule has 7 nitrogen and oxygen atoms in total. The second-order valence-electron chi connectivity index (χ2n) is 7.88. The van der Waals surface area contributed by atoms with Crippen molar-refractivity contribution in [3.8, 4) is 23.1 Å². The number of nitrogens with one attached hydrogen (secondary N) is 1. The summed E-state index contributed by atoms with van der Waals surface area (Å²) in [5, 5.41) is 7.66. The predicted molar refractivity (Wildman–Crippen MR) is 126 cm³/mol. The molecule has 0 spiro atoms. The Morgan fingerprint density at radius 2 is 1.88 bits per heavy atom. The Morgan fingerprint density at radius 3 is 2.52 bits per heavy atom. The minimum atomic E-state index is -0.467. The van der Waals surface area contributed by atoms with E-state index < -0.39 is 5.82 Å². The van der Waals surface area contributed by atoms with Crippen LogP contribution in [0.15, 0.2) is 48.5 Å². The topological polar surface area (TPSA) is 68.6 Å². The van der Waals surface area contributed by atoms with Crippen LogP contribution < -0.4 is 14.8 Å². The van der Waals surface area contributed by atoms with E-state index >= 15 is 0 Å². The van der Waals surface area contributed by atoms with E-state index in [4.69, 9.17) is 14.6 Å². The molecule has 1 N–H and O–H groups in total. The van der Waals surface area contributed by atoms with Gasteiger partial charge in [0.2, 0.25) is 11.8 Å². The highest BCUT2D eigenvalue weighted by Crippen LogP contribution is 2.33. The highest BCUT2D eigenvalue weighted by atomic mass is 19.1. The zero-order chi connectivity index (χ0) is 23.8. The molecular weight excluding hydrogens is 423 g/mol. The van der Waals surface area contributed by atoms with Gasteiger partial charge in [-0.3, -0.25) is 4.79 Å². The summed E-state index contributed by atoms with van der Waals surface area (Å²) < 4.78 is 27.4. The molecule has 2 aromatic carbocycles. The minimum Gasteiger partial charge on any atom is -0.497 e. The van der Waals surface area contributed by atoms with Gasteiger partial charge in [0.25, 0.3) is 0 Å². The first-order valence-corrected chi connectivity index (χ1v) is 11.0. The van der Waals surface area contributed by atoms with Crippen LogP contribution in [0.4, 0.5) is 4.39 Å². The van der Waals surface area contributed by atoms with Crippen LogP contribution >= 0.6 is 0 Å². The number of carbonyl (C=O) groups is 1. The fraction of sp³-hybridized carbons (Fsp3) is 0.360. The summed E-state index contributed by atoms with van der Waals surface area (Å²) in [6, 6.07) is 13.6. The summed E-state index contributed by atoms with van der Waals surface area (Å²) in [7, 11) is 5.52. The van der Waals surface area contributed by atoms with Gasteiger partial charge < -0.3 is 19.7 Å². The van der Waals surface area contributed by atoms with Gasteiger partial charge in [0.15, 0.2) is 11.6 Å². The van der Waals surface area contributed by atoms with E-state index in [0.717, 1.165) is 23.5 Å². The third kappa shape index (κ3) is 6.32. The van der Waals surface area contributed by atoms with Crippen LogP contribution in [-0.4, -0.2) is 54.9 Å². The number of ether oxygens (including phenoxy) is 2. The van der Waals surface area contributed by atoms with Crippen LogP contribution in [0.3, 0.4) is 0 Å². The number of nitrogens with zero attached hydrogens (tertiary/aromatic N) is 3. The maximum absolute atomic E-state index is 14.4. The van der Waals surface area contributed by atoms with Crippen molar-refractivity contribution in [3.05, 3.63) is 65.6 Å². The van der Waals surface area contributed by atoms with Crippen LogP contribution in [0.2, 0.25) is 0 Å². The molecule has 0 saturated carbocycles. The van der Waals surface area contributed by atoms with Crippen molar-refractivity contribution in [1.82, 2.24) is 20.0 Å². The van der Waals surface area contributed by atoms with E-state index in [1.54, 1.807) is 30.0 Å². The number of rotatable bonds is 11. The molecule has 33 heavy (non-hydrogen) atoms. The number of benzene rings is 2. The van der Waals surface area contributed by atoms with E-state index in [1.165, 1.54) is 6.07 Å². The van der Waals surface area contributed by atoms with E-state index in [2.05, 4.69) is 5.32 Å². The van der Waals surface area contributed by atoms with Crippen LogP contribution in [0.1, 0.15) is 24.6 Å². The number of para-hydroxylation sites is 1. The number of likely N-dealkylation sites (N-methyl/N-ethyl adjacent to an activating group) is 1. The largest absolute Gasteiger partial charge is 0.497 e. The Morgan fingerprint density at radius 1 is 1.15 bits per heavy atom. The predicted octanol–water partition coefficient (Wildman–Crippen LogP) is 3.99. The van der Waals surface area contributed by atoms with Gasteiger partial charge >= 0.3 is 0 Å². The van der Waals surface area contributed by atoms with Gasteiger partial charge in [-0.25, -0.2) is 9.07 Å². The summed E-state index contributed by atoms with van der Waals surface area (Å²) >= 11 is 0. The molecule has 0 unspecified atom stereocenters.